The summed E-state index contributed by atoms with van der Waals surface area (Å²) in [5.41, 5.74) is 2.03. The van der Waals surface area contributed by atoms with E-state index in [1.54, 1.807) is 4.90 Å². The molecule has 1 N–H and O–H groups in total. The van der Waals surface area contributed by atoms with Crippen LogP contribution in [0.3, 0.4) is 0 Å². The molecule has 1 aliphatic heterocycles. The van der Waals surface area contributed by atoms with Crippen molar-refractivity contribution >= 4 is 34.2 Å². The summed E-state index contributed by atoms with van der Waals surface area (Å²) in [7, 11) is 0. The number of nitrogens with zero attached hydrogens (tertiary/aromatic N) is 2. The summed E-state index contributed by atoms with van der Waals surface area (Å²) in [6.45, 7) is 5.99. The minimum absolute atomic E-state index is 0.00277. The van der Waals surface area contributed by atoms with Crippen LogP contribution in [-0.2, 0) is 10.5 Å². The topological polar surface area (TPSA) is 44.7 Å². The SMILES string of the molecule is CSC1=NC(Nc2ccccc2)(c2ccccc2)C(C)(C)C(=O)N1c1ccc(C)cc1. The first-order valence-electron chi connectivity index (χ1n) is 10.3. The Kier molecular flexibility index (Phi) is 5.63. The van der Waals surface area contributed by atoms with Crippen molar-refractivity contribution in [1.82, 2.24) is 0 Å². The smallest absolute Gasteiger partial charge is 0.243 e. The lowest BCUT2D eigenvalue weighted by Gasteiger charge is -2.49. The summed E-state index contributed by atoms with van der Waals surface area (Å²) < 4.78 is 0. The number of carbonyl (C=O) groups excluding carboxylic acids is 1. The Morgan fingerprint density at radius 1 is 0.871 bits per heavy atom. The van der Waals surface area contributed by atoms with Gasteiger partial charge in [0, 0.05) is 11.3 Å². The van der Waals surface area contributed by atoms with Gasteiger partial charge in [0.2, 0.25) is 5.91 Å². The van der Waals surface area contributed by atoms with Crippen molar-refractivity contribution in [1.29, 1.82) is 0 Å². The third-order valence-electron chi connectivity index (χ3n) is 5.86. The van der Waals surface area contributed by atoms with Crippen LogP contribution in [0.25, 0.3) is 0 Å². The highest BCUT2D eigenvalue weighted by Crippen LogP contribution is 2.49. The van der Waals surface area contributed by atoms with Gasteiger partial charge in [0.05, 0.1) is 11.1 Å². The molecule has 3 aromatic carbocycles. The maximum absolute atomic E-state index is 14.1. The van der Waals surface area contributed by atoms with E-state index in [-0.39, 0.29) is 5.91 Å². The van der Waals surface area contributed by atoms with Crippen LogP contribution in [-0.4, -0.2) is 17.3 Å². The number of hydrogen-bond donors (Lipinski definition) is 1. The number of rotatable bonds is 4. The van der Waals surface area contributed by atoms with Gasteiger partial charge in [-0.05, 0) is 51.3 Å². The lowest BCUT2D eigenvalue weighted by atomic mass is 9.72. The van der Waals surface area contributed by atoms with Crippen molar-refractivity contribution < 1.29 is 4.79 Å². The van der Waals surface area contributed by atoms with Crippen molar-refractivity contribution in [3.8, 4) is 0 Å². The zero-order valence-corrected chi connectivity index (χ0v) is 19.1. The monoisotopic (exact) mass is 429 g/mol. The number of carbonyl (C=O) groups is 1. The third-order valence-corrected chi connectivity index (χ3v) is 6.50. The van der Waals surface area contributed by atoms with Crippen LogP contribution < -0.4 is 10.2 Å². The average molecular weight is 430 g/mol. The molecule has 0 aromatic heterocycles. The molecule has 31 heavy (non-hydrogen) atoms. The van der Waals surface area contributed by atoms with Crippen molar-refractivity contribution in [2.75, 3.05) is 16.5 Å². The minimum atomic E-state index is -0.952. The van der Waals surface area contributed by atoms with E-state index >= 15 is 0 Å². The van der Waals surface area contributed by atoms with Gasteiger partial charge in [-0.25, -0.2) is 4.99 Å². The van der Waals surface area contributed by atoms with Gasteiger partial charge in [-0.3, -0.25) is 9.69 Å². The van der Waals surface area contributed by atoms with Gasteiger partial charge in [-0.2, -0.15) is 0 Å². The Morgan fingerprint density at radius 3 is 2.03 bits per heavy atom. The number of aryl methyl sites for hydroxylation is 1. The van der Waals surface area contributed by atoms with Gasteiger partial charge in [0.15, 0.2) is 10.8 Å². The predicted molar refractivity (Wildman–Crippen MR) is 132 cm³/mol. The Morgan fingerprint density at radius 2 is 1.45 bits per heavy atom. The fraction of sp³-hybridized carbons (Fsp3) is 0.231. The molecule has 5 heteroatoms. The second kappa shape index (κ2) is 8.23. The molecule has 0 fully saturated rings. The Bertz CT molecular complexity index is 1090. The highest BCUT2D eigenvalue weighted by atomic mass is 32.2. The minimum Gasteiger partial charge on any atom is -0.357 e. The van der Waals surface area contributed by atoms with Gasteiger partial charge in [-0.15, -0.1) is 0 Å². The van der Waals surface area contributed by atoms with E-state index in [1.807, 2.05) is 112 Å². The lowest BCUT2D eigenvalue weighted by Crippen LogP contribution is -2.61. The van der Waals surface area contributed by atoms with Crippen molar-refractivity contribution in [2.45, 2.75) is 26.4 Å². The second-order valence-electron chi connectivity index (χ2n) is 8.27. The fourth-order valence-electron chi connectivity index (χ4n) is 4.00. The van der Waals surface area contributed by atoms with Crippen LogP contribution in [0.15, 0.2) is 89.9 Å². The van der Waals surface area contributed by atoms with Crippen LogP contribution in [0.1, 0.15) is 25.0 Å². The Balaban J connectivity index is 1.95. The van der Waals surface area contributed by atoms with Crippen molar-refractivity contribution in [2.24, 2.45) is 10.4 Å². The fourth-order valence-corrected chi connectivity index (χ4v) is 4.60. The molecular weight excluding hydrogens is 402 g/mol. The third kappa shape index (κ3) is 3.63. The van der Waals surface area contributed by atoms with Crippen LogP contribution in [0, 0.1) is 12.3 Å². The molecule has 0 spiro atoms. The number of nitrogens with one attached hydrogen (secondary N) is 1. The number of thioether (sulfide) groups is 1. The van der Waals surface area contributed by atoms with E-state index < -0.39 is 11.1 Å². The number of benzene rings is 3. The summed E-state index contributed by atoms with van der Waals surface area (Å²) >= 11 is 1.48. The maximum atomic E-state index is 14.1. The highest BCUT2D eigenvalue weighted by molar-refractivity contribution is 8.13. The number of anilines is 2. The number of amidine groups is 1. The van der Waals surface area contributed by atoms with E-state index in [4.69, 9.17) is 4.99 Å². The molecule has 1 heterocycles. The van der Waals surface area contributed by atoms with Crippen molar-refractivity contribution in [3.63, 3.8) is 0 Å². The summed E-state index contributed by atoms with van der Waals surface area (Å²) in [6.07, 6.45) is 1.96. The summed E-state index contributed by atoms with van der Waals surface area (Å²) in [6, 6.07) is 28.0. The van der Waals surface area contributed by atoms with E-state index in [9.17, 15) is 4.79 Å². The van der Waals surface area contributed by atoms with Gasteiger partial charge in [0.1, 0.15) is 0 Å². The number of aliphatic imine (C=N–C) groups is 1. The van der Waals surface area contributed by atoms with Gasteiger partial charge in [0.25, 0.3) is 0 Å². The van der Waals surface area contributed by atoms with Crippen molar-refractivity contribution in [3.05, 3.63) is 96.1 Å². The van der Waals surface area contributed by atoms with E-state index in [0.29, 0.717) is 5.17 Å². The van der Waals surface area contributed by atoms with Crippen LogP contribution in [0.4, 0.5) is 11.4 Å². The first-order valence-corrected chi connectivity index (χ1v) is 11.6. The zero-order valence-electron chi connectivity index (χ0n) is 18.3. The van der Waals surface area contributed by atoms with Gasteiger partial charge in [-0.1, -0.05) is 78.0 Å². The molecule has 3 aromatic rings. The first kappa shape index (κ1) is 21.2. The van der Waals surface area contributed by atoms with E-state index in [2.05, 4.69) is 5.32 Å². The lowest BCUT2D eigenvalue weighted by molar-refractivity contribution is -0.129. The molecular formula is C26H27N3OS. The highest BCUT2D eigenvalue weighted by Gasteiger charge is 2.57. The molecule has 1 unspecified atom stereocenters. The number of hydrogen-bond acceptors (Lipinski definition) is 4. The molecule has 0 saturated carbocycles. The quantitative estimate of drug-likeness (QED) is 0.549. The Hall–Kier alpha value is -3.05. The summed E-state index contributed by atoms with van der Waals surface area (Å²) in [5.74, 6) is 0.00277. The van der Waals surface area contributed by atoms with E-state index in [1.165, 1.54) is 11.8 Å². The molecule has 0 saturated heterocycles. The maximum Gasteiger partial charge on any atom is 0.243 e. The van der Waals surface area contributed by atoms with E-state index in [0.717, 1.165) is 22.5 Å². The van der Waals surface area contributed by atoms with Crippen LogP contribution in [0.5, 0.6) is 0 Å². The molecule has 1 aliphatic rings. The van der Waals surface area contributed by atoms with Gasteiger partial charge < -0.3 is 5.32 Å². The second-order valence-corrected chi connectivity index (χ2v) is 9.04. The summed E-state index contributed by atoms with van der Waals surface area (Å²) in [4.78, 5) is 21.1. The standard InChI is InChI=1S/C26H27N3OS/c1-19-15-17-22(18-16-19)29-23(30)25(2,3)26(28-24(29)31-4,20-11-7-5-8-12-20)27-21-13-9-6-10-14-21/h5-18,27H,1-4H3. The largest absolute Gasteiger partial charge is 0.357 e. The number of amides is 1. The molecule has 0 radical (unpaired) electrons. The summed E-state index contributed by atoms with van der Waals surface area (Å²) in [5, 5.41) is 4.30. The van der Waals surface area contributed by atoms with Gasteiger partial charge >= 0.3 is 0 Å². The Labute approximate surface area is 188 Å². The molecule has 1 amide bonds. The average Bonchev–Trinajstić information content (AvgIpc) is 2.79. The predicted octanol–water partition coefficient (Wildman–Crippen LogP) is 6.05. The first-order chi connectivity index (χ1) is 14.9. The molecule has 158 valence electrons. The van der Waals surface area contributed by atoms with Crippen LogP contribution in [0.2, 0.25) is 0 Å². The molecule has 0 bridgehead atoms. The number of para-hydroxylation sites is 1. The normalized spacial score (nSPS) is 20.3. The molecule has 4 nitrogen and oxygen atoms in total. The zero-order chi connectivity index (χ0) is 22.1. The molecule has 4 rings (SSSR count). The molecule has 1 atom stereocenters. The molecule has 0 aliphatic carbocycles. The van der Waals surface area contributed by atoms with Crippen LogP contribution >= 0.6 is 11.8 Å².